The molecule has 0 saturated carbocycles. The van der Waals surface area contributed by atoms with Gasteiger partial charge in [0.15, 0.2) is 0 Å². The maximum absolute atomic E-state index is 12.4. The molecule has 1 heterocycles. The van der Waals surface area contributed by atoms with E-state index in [1.165, 1.54) is 18.8 Å². The Labute approximate surface area is 153 Å². The van der Waals surface area contributed by atoms with Crippen molar-refractivity contribution in [2.45, 2.75) is 31.8 Å². The van der Waals surface area contributed by atoms with Crippen molar-refractivity contribution in [3.63, 3.8) is 0 Å². The fourth-order valence-corrected chi connectivity index (χ4v) is 3.78. The lowest BCUT2D eigenvalue weighted by atomic mass is 10.2. The van der Waals surface area contributed by atoms with Gasteiger partial charge in [0, 0.05) is 20.6 Å². The van der Waals surface area contributed by atoms with E-state index in [2.05, 4.69) is 10.4 Å². The number of sulfonamides is 1. The molecule has 0 saturated heterocycles. The third kappa shape index (κ3) is 4.23. The van der Waals surface area contributed by atoms with E-state index in [0.29, 0.717) is 17.9 Å². The standard InChI is InChI=1S/C17H24N4O4S/c1-12-17(26(23,24)20(3)4)13(2)21(19-12)11-16(22)18-10-14-6-8-15(25-5)9-7-14/h6-9H,10-11H2,1-5H3,(H,18,22). The minimum atomic E-state index is -3.61. The number of hydrogen-bond donors (Lipinski definition) is 1. The van der Waals surface area contributed by atoms with Gasteiger partial charge in [0.05, 0.1) is 18.5 Å². The maximum atomic E-state index is 12.4. The lowest BCUT2D eigenvalue weighted by Gasteiger charge is -2.12. The topological polar surface area (TPSA) is 93.5 Å². The zero-order chi connectivity index (χ0) is 19.5. The van der Waals surface area contributed by atoms with Crippen LogP contribution in [0.2, 0.25) is 0 Å². The maximum Gasteiger partial charge on any atom is 0.246 e. The third-order valence-electron chi connectivity index (χ3n) is 4.00. The number of aromatic nitrogens is 2. The van der Waals surface area contributed by atoms with Gasteiger partial charge in [-0.25, -0.2) is 12.7 Å². The number of amides is 1. The second-order valence-corrected chi connectivity index (χ2v) is 8.16. The minimum absolute atomic E-state index is 0.0498. The fourth-order valence-electron chi connectivity index (χ4n) is 2.53. The number of aryl methyl sites for hydroxylation is 1. The first-order valence-electron chi connectivity index (χ1n) is 8.03. The van der Waals surface area contributed by atoms with Crippen molar-refractivity contribution in [2.75, 3.05) is 21.2 Å². The van der Waals surface area contributed by atoms with E-state index in [-0.39, 0.29) is 17.3 Å². The van der Waals surface area contributed by atoms with Crippen LogP contribution in [0.5, 0.6) is 5.75 Å². The van der Waals surface area contributed by atoms with Crippen molar-refractivity contribution in [1.82, 2.24) is 19.4 Å². The number of carbonyl (C=O) groups excluding carboxylic acids is 1. The smallest absolute Gasteiger partial charge is 0.246 e. The predicted octanol–water partition coefficient (Wildman–Crippen LogP) is 1.08. The Balaban J connectivity index is 2.07. The van der Waals surface area contributed by atoms with Crippen LogP contribution in [0.3, 0.4) is 0 Å². The molecule has 0 unspecified atom stereocenters. The summed E-state index contributed by atoms with van der Waals surface area (Å²) in [5.74, 6) is 0.498. The average molecular weight is 380 g/mol. The molecule has 26 heavy (non-hydrogen) atoms. The van der Waals surface area contributed by atoms with Crippen LogP contribution < -0.4 is 10.1 Å². The molecule has 0 radical (unpaired) electrons. The Morgan fingerprint density at radius 2 is 1.85 bits per heavy atom. The number of methoxy groups -OCH3 is 1. The van der Waals surface area contributed by atoms with Gasteiger partial charge in [0.2, 0.25) is 15.9 Å². The van der Waals surface area contributed by atoms with Crippen molar-refractivity contribution < 1.29 is 17.9 Å². The van der Waals surface area contributed by atoms with Crippen LogP contribution in [0.4, 0.5) is 0 Å². The highest BCUT2D eigenvalue weighted by molar-refractivity contribution is 7.89. The molecule has 2 aromatic rings. The van der Waals surface area contributed by atoms with E-state index in [9.17, 15) is 13.2 Å². The van der Waals surface area contributed by atoms with E-state index in [0.717, 1.165) is 15.6 Å². The molecule has 1 amide bonds. The van der Waals surface area contributed by atoms with Crippen molar-refractivity contribution in [1.29, 1.82) is 0 Å². The number of rotatable bonds is 7. The molecular formula is C17H24N4O4S. The van der Waals surface area contributed by atoms with Gasteiger partial charge in [-0.3, -0.25) is 9.48 Å². The largest absolute Gasteiger partial charge is 0.497 e. The van der Waals surface area contributed by atoms with Crippen molar-refractivity contribution in [2.24, 2.45) is 0 Å². The number of nitrogens with one attached hydrogen (secondary N) is 1. The molecule has 9 heteroatoms. The summed E-state index contributed by atoms with van der Waals surface area (Å²) >= 11 is 0. The molecule has 0 bridgehead atoms. The summed E-state index contributed by atoms with van der Waals surface area (Å²) in [5.41, 5.74) is 1.75. The Kier molecular flexibility index (Phi) is 6.04. The van der Waals surface area contributed by atoms with Gasteiger partial charge < -0.3 is 10.1 Å². The summed E-state index contributed by atoms with van der Waals surface area (Å²) in [6.07, 6.45) is 0. The summed E-state index contributed by atoms with van der Waals surface area (Å²) in [4.78, 5) is 12.4. The van der Waals surface area contributed by atoms with Crippen LogP contribution in [-0.2, 0) is 27.9 Å². The molecule has 0 aliphatic carbocycles. The van der Waals surface area contributed by atoms with Gasteiger partial charge in [-0.05, 0) is 31.5 Å². The van der Waals surface area contributed by atoms with Crippen LogP contribution in [0.15, 0.2) is 29.2 Å². The quantitative estimate of drug-likeness (QED) is 0.776. The Morgan fingerprint density at radius 3 is 2.38 bits per heavy atom. The summed E-state index contributed by atoms with van der Waals surface area (Å²) in [6.45, 7) is 3.58. The van der Waals surface area contributed by atoms with Crippen molar-refractivity contribution >= 4 is 15.9 Å². The Hall–Kier alpha value is -2.39. The molecular weight excluding hydrogens is 356 g/mol. The monoisotopic (exact) mass is 380 g/mol. The predicted molar refractivity (Wildman–Crippen MR) is 97.4 cm³/mol. The van der Waals surface area contributed by atoms with Crippen LogP contribution >= 0.6 is 0 Å². The molecule has 2 rings (SSSR count). The highest BCUT2D eigenvalue weighted by atomic mass is 32.2. The summed E-state index contributed by atoms with van der Waals surface area (Å²) in [5, 5.41) is 7.01. The number of ether oxygens (including phenoxy) is 1. The first kappa shape index (κ1) is 19.9. The van der Waals surface area contributed by atoms with Gasteiger partial charge in [0.1, 0.15) is 17.2 Å². The van der Waals surface area contributed by atoms with Crippen LogP contribution in [0, 0.1) is 13.8 Å². The van der Waals surface area contributed by atoms with Gasteiger partial charge in [-0.2, -0.15) is 5.10 Å². The van der Waals surface area contributed by atoms with Gasteiger partial charge >= 0.3 is 0 Å². The van der Waals surface area contributed by atoms with E-state index in [4.69, 9.17) is 4.74 Å². The minimum Gasteiger partial charge on any atom is -0.497 e. The first-order chi connectivity index (χ1) is 12.2. The lowest BCUT2D eigenvalue weighted by Crippen LogP contribution is -2.28. The van der Waals surface area contributed by atoms with E-state index in [1.54, 1.807) is 21.0 Å². The molecule has 8 nitrogen and oxygen atoms in total. The molecule has 0 aliphatic rings. The van der Waals surface area contributed by atoms with Gasteiger partial charge in [-0.1, -0.05) is 12.1 Å². The fraction of sp³-hybridized carbons (Fsp3) is 0.412. The Morgan fingerprint density at radius 1 is 1.23 bits per heavy atom. The summed E-state index contributed by atoms with van der Waals surface area (Å²) < 4.78 is 32.4. The van der Waals surface area contributed by atoms with E-state index >= 15 is 0 Å². The van der Waals surface area contributed by atoms with Gasteiger partial charge in [-0.15, -0.1) is 0 Å². The number of carbonyl (C=O) groups is 1. The molecule has 1 aromatic carbocycles. The zero-order valence-electron chi connectivity index (χ0n) is 15.6. The molecule has 0 atom stereocenters. The molecule has 1 N–H and O–H groups in total. The first-order valence-corrected chi connectivity index (χ1v) is 9.47. The molecule has 142 valence electrons. The van der Waals surface area contributed by atoms with Gasteiger partial charge in [0.25, 0.3) is 0 Å². The summed E-state index contributed by atoms with van der Waals surface area (Å²) in [6, 6.07) is 7.37. The zero-order valence-corrected chi connectivity index (χ0v) is 16.4. The number of hydrogen-bond acceptors (Lipinski definition) is 5. The molecule has 1 aromatic heterocycles. The molecule has 0 fully saturated rings. The Bertz CT molecular complexity index is 886. The normalized spacial score (nSPS) is 11.6. The second kappa shape index (κ2) is 7.88. The third-order valence-corrected chi connectivity index (χ3v) is 6.06. The van der Waals surface area contributed by atoms with Crippen molar-refractivity contribution in [3.8, 4) is 5.75 Å². The second-order valence-electron chi connectivity index (χ2n) is 6.07. The van der Waals surface area contributed by atoms with E-state index in [1.807, 2.05) is 24.3 Å². The molecule has 0 aliphatic heterocycles. The number of benzene rings is 1. The van der Waals surface area contributed by atoms with Crippen LogP contribution in [0.1, 0.15) is 17.0 Å². The SMILES string of the molecule is COc1ccc(CNC(=O)Cn2nc(C)c(S(=O)(=O)N(C)C)c2C)cc1. The highest BCUT2D eigenvalue weighted by Gasteiger charge is 2.27. The average Bonchev–Trinajstić information content (AvgIpc) is 2.87. The van der Waals surface area contributed by atoms with Crippen molar-refractivity contribution in [3.05, 3.63) is 41.2 Å². The van der Waals surface area contributed by atoms with E-state index < -0.39 is 10.0 Å². The number of nitrogens with zero attached hydrogens (tertiary/aromatic N) is 3. The highest BCUT2D eigenvalue weighted by Crippen LogP contribution is 2.21. The van der Waals surface area contributed by atoms with Crippen LogP contribution in [-0.4, -0.2) is 49.6 Å². The lowest BCUT2D eigenvalue weighted by molar-refractivity contribution is -0.122. The van der Waals surface area contributed by atoms with Crippen LogP contribution in [0.25, 0.3) is 0 Å². The summed E-state index contributed by atoms with van der Waals surface area (Å²) in [7, 11) is 0.915. The molecule has 0 spiro atoms.